The smallest absolute Gasteiger partial charge is 0.224 e. The second kappa shape index (κ2) is 14.1. The van der Waals surface area contributed by atoms with Crippen LogP contribution in [0.4, 0.5) is 0 Å². The summed E-state index contributed by atoms with van der Waals surface area (Å²) in [5.74, 6) is 2.05. The molecule has 5 heteroatoms. The summed E-state index contributed by atoms with van der Waals surface area (Å²) in [5.41, 5.74) is 2.87. The fourth-order valence-corrected chi connectivity index (χ4v) is 3.49. The molecular weight excluding hydrogens is 651 g/mol. The van der Waals surface area contributed by atoms with Gasteiger partial charge in [0.1, 0.15) is 5.76 Å². The number of carbonyl (C=O) groups is 1. The quantitative estimate of drug-likeness (QED) is 0.145. The third-order valence-corrected chi connectivity index (χ3v) is 7.14. The molecule has 0 aliphatic rings. The van der Waals surface area contributed by atoms with Gasteiger partial charge < -0.3 is 9.84 Å². The van der Waals surface area contributed by atoms with Gasteiger partial charge in [-0.25, -0.2) is 4.98 Å². The Hall–Kier alpha value is -2.49. The van der Waals surface area contributed by atoms with Crippen LogP contribution in [0.5, 0.6) is 11.6 Å². The summed E-state index contributed by atoms with van der Waals surface area (Å²) in [6, 6.07) is 15.8. The summed E-state index contributed by atoms with van der Waals surface area (Å²) in [7, 11) is 0. The van der Waals surface area contributed by atoms with Gasteiger partial charge in [-0.2, -0.15) is 17.2 Å². The van der Waals surface area contributed by atoms with Gasteiger partial charge in [0, 0.05) is 54.3 Å². The Bertz CT molecular complexity index is 1240. The number of nitrogens with zero attached hydrogens (tertiary/aromatic N) is 1. The number of benzene rings is 2. The van der Waals surface area contributed by atoms with Crippen LogP contribution in [-0.2, 0) is 24.9 Å². The Morgan fingerprint density at radius 1 is 1.03 bits per heavy atom. The molecule has 0 spiro atoms. The normalized spacial score (nSPS) is 12.0. The molecule has 2 aromatic carbocycles. The Morgan fingerprint density at radius 2 is 1.66 bits per heavy atom. The van der Waals surface area contributed by atoms with E-state index in [0.717, 1.165) is 34.7 Å². The maximum Gasteiger partial charge on any atom is 0.224 e. The number of fused-ring (bicyclic) bond motifs is 1. The van der Waals surface area contributed by atoms with Crippen LogP contribution in [-0.4, -0.2) is 15.9 Å². The molecule has 0 bridgehead atoms. The summed E-state index contributed by atoms with van der Waals surface area (Å²) in [4.78, 5) is 16.2. The number of hydrogen-bond donors (Lipinski definition) is 1. The molecule has 0 amide bonds. The summed E-state index contributed by atoms with van der Waals surface area (Å²) >= 11 is 0. The average molecular weight is 695 g/mol. The van der Waals surface area contributed by atoms with Crippen molar-refractivity contribution < 1.29 is 34.7 Å². The summed E-state index contributed by atoms with van der Waals surface area (Å²) in [5, 5.41) is 12.0. The molecule has 0 fully saturated rings. The van der Waals surface area contributed by atoms with Crippen molar-refractivity contribution in [3.8, 4) is 11.6 Å². The maximum atomic E-state index is 11.8. The average Bonchev–Trinajstić information content (AvgIpc) is 2.83. The minimum absolute atomic E-state index is 0. The number of aromatic nitrogens is 1. The van der Waals surface area contributed by atoms with Crippen molar-refractivity contribution in [2.75, 3.05) is 0 Å². The van der Waals surface area contributed by atoms with Gasteiger partial charge in [0.05, 0.1) is 0 Å². The van der Waals surface area contributed by atoms with E-state index in [-0.39, 0.29) is 42.5 Å². The van der Waals surface area contributed by atoms with Gasteiger partial charge in [0.25, 0.3) is 0 Å². The fourth-order valence-electron chi connectivity index (χ4n) is 3.49. The molecule has 209 valence electrons. The standard InChI is InChI=1S/C20H20NO.C13H24O2.Ir/c1-13(2)16-5-6-19-17(12-16)7-8-21-20(19)22-18-10-14(3)9-15(4)11-18;1-7-12(3,4)10(14)9-11(15)13(5,6)8-2;/h5-10,12-13H,1-4H3;9,14H,7-8H2,1-6H3;/q-1;;/b;10-9-;. The fraction of sp³-hybridized carbons (Fsp3) is 0.455. The Kier molecular flexibility index (Phi) is 12.4. The molecule has 1 N–H and O–H groups in total. The molecule has 0 aliphatic carbocycles. The van der Waals surface area contributed by atoms with Gasteiger partial charge in [0.15, 0.2) is 5.78 Å². The predicted molar refractivity (Wildman–Crippen MR) is 155 cm³/mol. The molecule has 0 unspecified atom stereocenters. The molecule has 0 saturated heterocycles. The van der Waals surface area contributed by atoms with Crippen molar-refractivity contribution in [1.82, 2.24) is 4.98 Å². The molecule has 0 saturated carbocycles. The zero-order valence-electron chi connectivity index (χ0n) is 24.7. The first-order valence-corrected chi connectivity index (χ1v) is 13.2. The van der Waals surface area contributed by atoms with E-state index in [9.17, 15) is 9.90 Å². The molecule has 4 nitrogen and oxygen atoms in total. The van der Waals surface area contributed by atoms with Crippen molar-refractivity contribution in [2.45, 2.75) is 88.0 Å². The van der Waals surface area contributed by atoms with Crippen molar-refractivity contribution in [2.24, 2.45) is 10.8 Å². The van der Waals surface area contributed by atoms with Gasteiger partial charge in [-0.3, -0.25) is 4.79 Å². The van der Waals surface area contributed by atoms with Crippen LogP contribution < -0.4 is 4.74 Å². The van der Waals surface area contributed by atoms with Crippen LogP contribution in [0.2, 0.25) is 0 Å². The number of pyridine rings is 1. The number of allylic oxidation sites excluding steroid dienone is 2. The summed E-state index contributed by atoms with van der Waals surface area (Å²) in [6.07, 6.45) is 4.79. The molecule has 0 aliphatic heterocycles. The molecule has 3 aromatic rings. The van der Waals surface area contributed by atoms with Crippen LogP contribution in [0.15, 0.2) is 54.4 Å². The molecule has 1 aromatic heterocycles. The minimum atomic E-state index is -0.377. The van der Waals surface area contributed by atoms with E-state index in [1.807, 2.05) is 60.6 Å². The molecular formula is C33H44IrNO3-. The van der Waals surface area contributed by atoms with Crippen LogP contribution in [0.1, 0.15) is 90.8 Å². The zero-order chi connectivity index (χ0) is 28.0. The number of ether oxygens (including phenoxy) is 1. The zero-order valence-corrected chi connectivity index (χ0v) is 27.0. The number of carbonyl (C=O) groups excluding carboxylic acids is 1. The molecule has 0 atom stereocenters. The Labute approximate surface area is 243 Å². The van der Waals surface area contributed by atoms with Crippen LogP contribution in [0.3, 0.4) is 0 Å². The topological polar surface area (TPSA) is 59.4 Å². The van der Waals surface area contributed by atoms with E-state index in [2.05, 4.69) is 56.1 Å². The van der Waals surface area contributed by atoms with Gasteiger partial charge >= 0.3 is 0 Å². The number of aliphatic hydroxyl groups is 1. The van der Waals surface area contributed by atoms with Crippen LogP contribution in [0, 0.1) is 30.7 Å². The van der Waals surface area contributed by atoms with Crippen LogP contribution in [0.25, 0.3) is 10.8 Å². The molecule has 1 radical (unpaired) electrons. The van der Waals surface area contributed by atoms with Gasteiger partial charge in [-0.1, -0.05) is 81.4 Å². The van der Waals surface area contributed by atoms with E-state index in [0.29, 0.717) is 17.5 Å². The number of ketones is 1. The number of aliphatic hydroxyl groups excluding tert-OH is 1. The second-order valence-electron chi connectivity index (χ2n) is 11.4. The van der Waals surface area contributed by atoms with Gasteiger partial charge in [0.2, 0.25) is 5.88 Å². The predicted octanol–water partition coefficient (Wildman–Crippen LogP) is 9.43. The summed E-state index contributed by atoms with van der Waals surface area (Å²) in [6.45, 7) is 20.1. The molecule has 38 heavy (non-hydrogen) atoms. The Balaban J connectivity index is 0.000000401. The number of hydrogen-bond acceptors (Lipinski definition) is 4. The number of rotatable bonds is 8. The first kappa shape index (κ1) is 33.5. The minimum Gasteiger partial charge on any atom is -0.512 e. The third kappa shape index (κ3) is 9.06. The van der Waals surface area contributed by atoms with Crippen molar-refractivity contribution >= 4 is 16.6 Å². The van der Waals surface area contributed by atoms with Crippen LogP contribution >= 0.6 is 0 Å². The maximum absolute atomic E-state index is 11.8. The summed E-state index contributed by atoms with van der Waals surface area (Å²) < 4.78 is 5.99. The van der Waals surface area contributed by atoms with Gasteiger partial charge in [-0.15, -0.1) is 12.1 Å². The number of aryl methyl sites for hydroxylation is 2. The largest absolute Gasteiger partial charge is 0.512 e. The third-order valence-electron chi connectivity index (χ3n) is 7.14. The molecule has 3 rings (SSSR count). The van der Waals surface area contributed by atoms with E-state index in [1.54, 1.807) is 6.20 Å². The SMILES string of the molecule is CCC(C)(C)C(=O)/C=C(\O)C(C)(C)CC.Cc1[c-]c(Oc2nccc3cc(C(C)C)ccc23)cc(C)c1.[Ir]. The van der Waals surface area contributed by atoms with Crippen molar-refractivity contribution in [1.29, 1.82) is 0 Å². The van der Waals surface area contributed by atoms with E-state index < -0.39 is 0 Å². The van der Waals surface area contributed by atoms with Gasteiger partial charge in [-0.05, 0) is 41.8 Å². The second-order valence-corrected chi connectivity index (χ2v) is 11.4. The monoisotopic (exact) mass is 695 g/mol. The van der Waals surface area contributed by atoms with E-state index >= 15 is 0 Å². The Morgan fingerprint density at radius 3 is 2.21 bits per heavy atom. The first-order valence-electron chi connectivity index (χ1n) is 13.2. The van der Waals surface area contributed by atoms with Crippen molar-refractivity contribution in [3.05, 3.63) is 77.2 Å². The van der Waals surface area contributed by atoms with Crippen molar-refractivity contribution in [3.63, 3.8) is 0 Å². The molecule has 1 heterocycles. The van der Waals surface area contributed by atoms with E-state index in [4.69, 9.17) is 4.74 Å². The van der Waals surface area contributed by atoms with E-state index in [1.165, 1.54) is 11.6 Å². The first-order chi connectivity index (χ1) is 17.2.